The number of benzene rings is 2. The first-order valence-corrected chi connectivity index (χ1v) is 7.02. The third kappa shape index (κ3) is 2.39. The fourth-order valence-corrected chi connectivity index (χ4v) is 2.63. The first kappa shape index (κ1) is 14.0. The first-order valence-electron chi connectivity index (χ1n) is 6.27. The SMILES string of the molecule is Cn1cc(C=O)c2c(Oc3cccc(Cl)c3Cl)cccc21. The molecular formula is C16H11Cl2NO2. The van der Waals surface area contributed by atoms with Gasteiger partial charge in [0.15, 0.2) is 6.29 Å². The molecule has 1 aromatic heterocycles. The van der Waals surface area contributed by atoms with Gasteiger partial charge in [-0.1, -0.05) is 35.3 Å². The van der Waals surface area contributed by atoms with Crippen molar-refractivity contribution in [3.05, 3.63) is 58.2 Å². The Hall–Kier alpha value is -1.97. The molecule has 106 valence electrons. The Kier molecular flexibility index (Phi) is 3.62. The molecule has 0 aliphatic heterocycles. The number of aryl methyl sites for hydroxylation is 1. The lowest BCUT2D eigenvalue weighted by atomic mass is 10.1. The van der Waals surface area contributed by atoms with Crippen LogP contribution in [0, 0.1) is 0 Å². The summed E-state index contributed by atoms with van der Waals surface area (Å²) in [5.41, 5.74) is 1.48. The average Bonchev–Trinajstić information content (AvgIpc) is 2.82. The Balaban J connectivity index is 2.17. The minimum Gasteiger partial charge on any atom is -0.455 e. The van der Waals surface area contributed by atoms with Gasteiger partial charge in [0.25, 0.3) is 0 Å². The van der Waals surface area contributed by atoms with Gasteiger partial charge in [0.2, 0.25) is 0 Å². The number of aldehydes is 1. The molecule has 0 radical (unpaired) electrons. The number of carbonyl (C=O) groups excluding carboxylic acids is 1. The van der Waals surface area contributed by atoms with E-state index in [1.54, 1.807) is 30.5 Å². The maximum Gasteiger partial charge on any atom is 0.152 e. The van der Waals surface area contributed by atoms with Crippen molar-refractivity contribution in [1.82, 2.24) is 4.57 Å². The van der Waals surface area contributed by atoms with Gasteiger partial charge in [-0.15, -0.1) is 0 Å². The van der Waals surface area contributed by atoms with E-state index >= 15 is 0 Å². The summed E-state index contributed by atoms with van der Waals surface area (Å²) in [7, 11) is 1.88. The molecule has 0 unspecified atom stereocenters. The molecule has 0 saturated carbocycles. The molecule has 5 heteroatoms. The third-order valence-electron chi connectivity index (χ3n) is 3.27. The molecule has 0 saturated heterocycles. The minimum absolute atomic E-state index is 0.347. The van der Waals surface area contributed by atoms with Gasteiger partial charge in [-0.25, -0.2) is 0 Å². The van der Waals surface area contributed by atoms with Crippen LogP contribution in [0.15, 0.2) is 42.6 Å². The highest BCUT2D eigenvalue weighted by Gasteiger charge is 2.14. The molecule has 0 spiro atoms. The van der Waals surface area contributed by atoms with E-state index in [4.69, 9.17) is 27.9 Å². The summed E-state index contributed by atoms with van der Waals surface area (Å²) in [4.78, 5) is 11.2. The lowest BCUT2D eigenvalue weighted by molar-refractivity contribution is 0.112. The number of hydrogen-bond donors (Lipinski definition) is 0. The van der Waals surface area contributed by atoms with Gasteiger partial charge in [0, 0.05) is 18.8 Å². The molecule has 3 aromatic rings. The standard InChI is InChI=1S/C16H11Cl2NO2/c1-19-8-10(9-20)15-12(19)5-3-6-13(15)21-14-7-2-4-11(17)16(14)18/h2-9H,1H3. The van der Waals surface area contributed by atoms with Crippen LogP contribution in [0.25, 0.3) is 10.9 Å². The van der Waals surface area contributed by atoms with Gasteiger partial charge in [0.1, 0.15) is 16.5 Å². The molecule has 0 fully saturated rings. The Morgan fingerprint density at radius 1 is 1.10 bits per heavy atom. The molecule has 3 rings (SSSR count). The molecule has 0 bridgehead atoms. The van der Waals surface area contributed by atoms with Crippen LogP contribution in [0.1, 0.15) is 10.4 Å². The minimum atomic E-state index is 0.347. The van der Waals surface area contributed by atoms with Crippen LogP contribution in [-0.2, 0) is 7.05 Å². The van der Waals surface area contributed by atoms with Crippen molar-refractivity contribution in [2.45, 2.75) is 0 Å². The molecule has 21 heavy (non-hydrogen) atoms. The number of hydrogen-bond acceptors (Lipinski definition) is 2. The highest BCUT2D eigenvalue weighted by molar-refractivity contribution is 6.42. The second-order valence-corrected chi connectivity index (χ2v) is 5.40. The summed E-state index contributed by atoms with van der Waals surface area (Å²) < 4.78 is 7.75. The van der Waals surface area contributed by atoms with Crippen molar-refractivity contribution >= 4 is 40.4 Å². The van der Waals surface area contributed by atoms with E-state index in [0.717, 1.165) is 17.2 Å². The molecule has 0 atom stereocenters. The Labute approximate surface area is 131 Å². The molecule has 0 N–H and O–H groups in total. The van der Waals surface area contributed by atoms with Crippen LogP contribution in [0.2, 0.25) is 10.0 Å². The molecule has 0 aliphatic carbocycles. The van der Waals surface area contributed by atoms with Crippen LogP contribution in [0.4, 0.5) is 0 Å². The van der Waals surface area contributed by atoms with E-state index in [2.05, 4.69) is 0 Å². The second kappa shape index (κ2) is 5.43. The van der Waals surface area contributed by atoms with Crippen molar-refractivity contribution in [2.24, 2.45) is 7.05 Å². The van der Waals surface area contributed by atoms with Gasteiger partial charge in [-0.2, -0.15) is 0 Å². The van der Waals surface area contributed by atoms with E-state index in [1.807, 2.05) is 23.7 Å². The van der Waals surface area contributed by atoms with E-state index in [9.17, 15) is 4.79 Å². The number of ether oxygens (including phenoxy) is 1. The van der Waals surface area contributed by atoms with E-state index < -0.39 is 0 Å². The van der Waals surface area contributed by atoms with Gasteiger partial charge in [-0.05, 0) is 24.3 Å². The number of nitrogens with zero attached hydrogens (tertiary/aromatic N) is 1. The van der Waals surface area contributed by atoms with E-state index in [-0.39, 0.29) is 0 Å². The highest BCUT2D eigenvalue weighted by Crippen LogP contribution is 2.38. The average molecular weight is 320 g/mol. The predicted octanol–water partition coefficient (Wildman–Crippen LogP) is 5.09. The van der Waals surface area contributed by atoms with Crippen molar-refractivity contribution in [2.75, 3.05) is 0 Å². The molecule has 2 aromatic carbocycles. The Morgan fingerprint density at radius 2 is 1.81 bits per heavy atom. The van der Waals surface area contributed by atoms with Crippen LogP contribution in [0.3, 0.4) is 0 Å². The summed E-state index contributed by atoms with van der Waals surface area (Å²) in [6.07, 6.45) is 2.58. The second-order valence-electron chi connectivity index (χ2n) is 4.62. The zero-order valence-corrected chi connectivity index (χ0v) is 12.7. The fraction of sp³-hybridized carbons (Fsp3) is 0.0625. The topological polar surface area (TPSA) is 31.2 Å². The van der Waals surface area contributed by atoms with Gasteiger partial charge in [-0.3, -0.25) is 4.79 Å². The summed E-state index contributed by atoms with van der Waals surface area (Å²) in [6, 6.07) is 10.8. The van der Waals surface area contributed by atoms with Gasteiger partial charge >= 0.3 is 0 Å². The van der Waals surface area contributed by atoms with Crippen molar-refractivity contribution in [3.8, 4) is 11.5 Å². The normalized spacial score (nSPS) is 10.8. The predicted molar refractivity (Wildman–Crippen MR) is 84.8 cm³/mol. The van der Waals surface area contributed by atoms with Crippen molar-refractivity contribution < 1.29 is 9.53 Å². The summed E-state index contributed by atoms with van der Waals surface area (Å²) in [6.45, 7) is 0. The quantitative estimate of drug-likeness (QED) is 0.629. The highest BCUT2D eigenvalue weighted by atomic mass is 35.5. The first-order chi connectivity index (χ1) is 10.1. The summed E-state index contributed by atoms with van der Waals surface area (Å²) in [5, 5.41) is 1.52. The lowest BCUT2D eigenvalue weighted by Crippen LogP contribution is -1.89. The Bertz CT molecular complexity index is 840. The lowest BCUT2D eigenvalue weighted by Gasteiger charge is -2.10. The zero-order valence-electron chi connectivity index (χ0n) is 11.1. The number of aromatic nitrogens is 1. The maximum atomic E-state index is 11.2. The molecule has 0 amide bonds. The molecule has 1 heterocycles. The third-order valence-corrected chi connectivity index (χ3v) is 4.07. The van der Waals surface area contributed by atoms with Crippen LogP contribution in [0.5, 0.6) is 11.5 Å². The number of halogens is 2. The monoisotopic (exact) mass is 319 g/mol. The van der Waals surface area contributed by atoms with E-state index in [0.29, 0.717) is 27.1 Å². The summed E-state index contributed by atoms with van der Waals surface area (Å²) >= 11 is 12.1. The summed E-state index contributed by atoms with van der Waals surface area (Å²) in [5.74, 6) is 1.02. The van der Waals surface area contributed by atoms with Crippen molar-refractivity contribution in [3.63, 3.8) is 0 Å². The van der Waals surface area contributed by atoms with Crippen LogP contribution < -0.4 is 4.74 Å². The van der Waals surface area contributed by atoms with Gasteiger partial charge in [0.05, 0.1) is 15.9 Å². The number of carbonyl (C=O) groups is 1. The largest absolute Gasteiger partial charge is 0.455 e. The fourth-order valence-electron chi connectivity index (χ4n) is 2.30. The van der Waals surface area contributed by atoms with Crippen LogP contribution in [-0.4, -0.2) is 10.9 Å². The van der Waals surface area contributed by atoms with Crippen molar-refractivity contribution in [1.29, 1.82) is 0 Å². The Morgan fingerprint density at radius 3 is 2.57 bits per heavy atom. The molecular weight excluding hydrogens is 309 g/mol. The smallest absolute Gasteiger partial charge is 0.152 e. The number of rotatable bonds is 3. The molecule has 3 nitrogen and oxygen atoms in total. The maximum absolute atomic E-state index is 11.2. The molecule has 0 aliphatic rings. The van der Waals surface area contributed by atoms with Crippen LogP contribution >= 0.6 is 23.2 Å². The number of fused-ring (bicyclic) bond motifs is 1. The zero-order chi connectivity index (χ0) is 15.0. The van der Waals surface area contributed by atoms with Gasteiger partial charge < -0.3 is 9.30 Å². The van der Waals surface area contributed by atoms with E-state index in [1.165, 1.54) is 0 Å².